The molecule has 1 aromatic carbocycles. The Balaban J connectivity index is 2.82. The van der Waals surface area contributed by atoms with Crippen molar-refractivity contribution in [3.63, 3.8) is 0 Å². The molecule has 0 bridgehead atoms. The van der Waals surface area contributed by atoms with Crippen molar-refractivity contribution in [1.29, 1.82) is 0 Å². The molecule has 1 rings (SSSR count). The van der Waals surface area contributed by atoms with Gasteiger partial charge in [0.05, 0.1) is 29.7 Å². The van der Waals surface area contributed by atoms with Crippen LogP contribution in [-0.4, -0.2) is 30.6 Å². The standard InChI is InChI=1S/C10H11ClN2O5/c1-17-9-6-7(13(15)16)2-3-8(9)12-10(14)18-5-4-11/h2-3,6H,4-5H2,1H3,(H,12,14). The first kappa shape index (κ1) is 14.0. The molecule has 0 heterocycles. The first-order valence-electron chi connectivity index (χ1n) is 4.90. The Morgan fingerprint density at radius 1 is 1.56 bits per heavy atom. The van der Waals surface area contributed by atoms with E-state index in [1.54, 1.807) is 0 Å². The molecule has 0 spiro atoms. The number of alkyl halides is 1. The Morgan fingerprint density at radius 2 is 2.28 bits per heavy atom. The molecule has 0 aromatic heterocycles. The summed E-state index contributed by atoms with van der Waals surface area (Å²) >= 11 is 5.36. The fourth-order valence-corrected chi connectivity index (χ4v) is 1.25. The zero-order valence-corrected chi connectivity index (χ0v) is 10.3. The Bertz CT molecular complexity index is 452. The number of ether oxygens (including phenoxy) is 2. The van der Waals surface area contributed by atoms with Gasteiger partial charge < -0.3 is 9.47 Å². The maximum Gasteiger partial charge on any atom is 0.411 e. The molecule has 1 N–H and O–H groups in total. The molecule has 0 fully saturated rings. The van der Waals surface area contributed by atoms with Crippen LogP contribution >= 0.6 is 11.6 Å². The highest BCUT2D eigenvalue weighted by molar-refractivity contribution is 6.18. The molecule has 0 aliphatic heterocycles. The lowest BCUT2D eigenvalue weighted by molar-refractivity contribution is -0.384. The maximum absolute atomic E-state index is 11.3. The fourth-order valence-electron chi connectivity index (χ4n) is 1.17. The molecular weight excluding hydrogens is 264 g/mol. The third-order valence-corrected chi connectivity index (χ3v) is 2.10. The van der Waals surface area contributed by atoms with Crippen molar-refractivity contribution in [3.8, 4) is 5.75 Å². The first-order chi connectivity index (χ1) is 8.58. The lowest BCUT2D eigenvalue weighted by Gasteiger charge is -2.09. The van der Waals surface area contributed by atoms with Gasteiger partial charge in [0.15, 0.2) is 0 Å². The van der Waals surface area contributed by atoms with Crippen LogP contribution in [0.3, 0.4) is 0 Å². The van der Waals surface area contributed by atoms with Crippen molar-refractivity contribution in [2.75, 3.05) is 24.9 Å². The number of nitrogens with zero attached hydrogens (tertiary/aromatic N) is 1. The number of anilines is 1. The van der Waals surface area contributed by atoms with Crippen LogP contribution in [0.1, 0.15) is 0 Å². The highest BCUT2D eigenvalue weighted by atomic mass is 35.5. The van der Waals surface area contributed by atoms with Crippen LogP contribution in [0.25, 0.3) is 0 Å². The normalized spacial score (nSPS) is 9.67. The summed E-state index contributed by atoms with van der Waals surface area (Å²) in [7, 11) is 1.34. The number of hydrogen-bond acceptors (Lipinski definition) is 5. The zero-order valence-electron chi connectivity index (χ0n) is 9.51. The quantitative estimate of drug-likeness (QED) is 0.506. The highest BCUT2D eigenvalue weighted by Gasteiger charge is 2.13. The van der Waals surface area contributed by atoms with Crippen LogP contribution in [0.15, 0.2) is 18.2 Å². The lowest BCUT2D eigenvalue weighted by atomic mass is 10.2. The fraction of sp³-hybridized carbons (Fsp3) is 0.300. The summed E-state index contributed by atoms with van der Waals surface area (Å²) in [4.78, 5) is 21.3. The number of carbonyl (C=O) groups excluding carboxylic acids is 1. The summed E-state index contributed by atoms with van der Waals surface area (Å²) in [6.45, 7) is 0.0721. The van der Waals surface area contributed by atoms with Crippen molar-refractivity contribution in [1.82, 2.24) is 0 Å². The van der Waals surface area contributed by atoms with Crippen LogP contribution in [-0.2, 0) is 4.74 Å². The number of nitrogens with one attached hydrogen (secondary N) is 1. The second kappa shape index (κ2) is 6.65. The number of amides is 1. The molecule has 0 aliphatic carbocycles. The van der Waals surface area contributed by atoms with Gasteiger partial charge in [0.25, 0.3) is 5.69 Å². The SMILES string of the molecule is COc1cc([N+](=O)[O-])ccc1NC(=O)OCCCl. The Labute approximate surface area is 108 Å². The highest BCUT2D eigenvalue weighted by Crippen LogP contribution is 2.28. The predicted molar refractivity (Wildman–Crippen MR) is 65.3 cm³/mol. The van der Waals surface area contributed by atoms with Crippen LogP contribution in [0.2, 0.25) is 0 Å². The van der Waals surface area contributed by atoms with Gasteiger partial charge in [-0.2, -0.15) is 0 Å². The van der Waals surface area contributed by atoms with Crippen molar-refractivity contribution >= 4 is 29.1 Å². The summed E-state index contributed by atoms with van der Waals surface area (Å²) in [6, 6.07) is 3.82. The Hall–Kier alpha value is -2.02. The third-order valence-electron chi connectivity index (χ3n) is 1.94. The van der Waals surface area contributed by atoms with Gasteiger partial charge in [-0.1, -0.05) is 0 Å². The van der Waals surface area contributed by atoms with Crippen LogP contribution < -0.4 is 10.1 Å². The average molecular weight is 275 g/mol. The smallest absolute Gasteiger partial charge is 0.411 e. The van der Waals surface area contributed by atoms with Gasteiger partial charge in [0.2, 0.25) is 0 Å². The van der Waals surface area contributed by atoms with Gasteiger partial charge >= 0.3 is 6.09 Å². The first-order valence-corrected chi connectivity index (χ1v) is 5.44. The van der Waals surface area contributed by atoms with E-state index < -0.39 is 11.0 Å². The lowest BCUT2D eigenvalue weighted by Crippen LogP contribution is -2.15. The van der Waals surface area contributed by atoms with Gasteiger partial charge in [-0.05, 0) is 6.07 Å². The monoisotopic (exact) mass is 274 g/mol. The van der Waals surface area contributed by atoms with Crippen molar-refractivity contribution in [2.45, 2.75) is 0 Å². The van der Waals surface area contributed by atoms with Crippen LogP contribution in [0.4, 0.5) is 16.2 Å². The van der Waals surface area contributed by atoms with Gasteiger partial charge in [-0.25, -0.2) is 4.79 Å². The van der Waals surface area contributed by atoms with E-state index in [-0.39, 0.29) is 29.6 Å². The molecule has 0 unspecified atom stereocenters. The van der Waals surface area contributed by atoms with E-state index in [0.717, 1.165) is 0 Å². The average Bonchev–Trinajstić information content (AvgIpc) is 2.36. The molecule has 0 saturated heterocycles. The number of halogens is 1. The van der Waals surface area contributed by atoms with E-state index in [2.05, 4.69) is 5.32 Å². The van der Waals surface area contributed by atoms with Gasteiger partial charge in [-0.3, -0.25) is 15.4 Å². The summed E-state index contributed by atoms with van der Waals surface area (Å²) in [5, 5.41) is 13.0. The molecular formula is C10H11ClN2O5. The molecule has 7 nitrogen and oxygen atoms in total. The molecule has 0 aliphatic rings. The summed E-state index contributed by atoms with van der Waals surface area (Å²) < 4.78 is 9.64. The van der Waals surface area contributed by atoms with E-state index in [1.807, 2.05) is 0 Å². The second-order valence-corrected chi connectivity index (χ2v) is 3.47. The zero-order chi connectivity index (χ0) is 13.5. The molecule has 98 valence electrons. The minimum atomic E-state index is -0.706. The molecule has 8 heteroatoms. The van der Waals surface area contributed by atoms with Crippen LogP contribution in [0.5, 0.6) is 5.75 Å². The van der Waals surface area contributed by atoms with E-state index in [9.17, 15) is 14.9 Å². The molecule has 1 aromatic rings. The number of nitro benzene ring substituents is 1. The summed E-state index contributed by atoms with van der Waals surface area (Å²) in [6.07, 6.45) is -0.706. The molecule has 1 amide bonds. The van der Waals surface area contributed by atoms with Crippen molar-refractivity contribution < 1.29 is 19.2 Å². The number of methoxy groups -OCH3 is 1. The topological polar surface area (TPSA) is 90.7 Å². The van der Waals surface area contributed by atoms with Crippen molar-refractivity contribution in [2.24, 2.45) is 0 Å². The summed E-state index contributed by atoms with van der Waals surface area (Å²) in [5.41, 5.74) is 0.147. The van der Waals surface area contributed by atoms with Gasteiger partial charge in [0.1, 0.15) is 12.4 Å². The molecule has 0 radical (unpaired) electrons. The number of hydrogen-bond donors (Lipinski definition) is 1. The minimum absolute atomic E-state index is 0.0721. The van der Waals surface area contributed by atoms with Crippen molar-refractivity contribution in [3.05, 3.63) is 28.3 Å². The largest absolute Gasteiger partial charge is 0.494 e. The number of carbonyl (C=O) groups is 1. The minimum Gasteiger partial charge on any atom is -0.494 e. The molecule has 18 heavy (non-hydrogen) atoms. The number of nitro groups is 1. The summed E-state index contributed by atoms with van der Waals surface area (Å²) in [5.74, 6) is 0.359. The van der Waals surface area contributed by atoms with E-state index in [0.29, 0.717) is 0 Å². The molecule has 0 atom stereocenters. The number of benzene rings is 1. The number of rotatable bonds is 5. The molecule has 0 saturated carbocycles. The maximum atomic E-state index is 11.3. The van der Waals surface area contributed by atoms with E-state index in [1.165, 1.54) is 25.3 Å². The van der Waals surface area contributed by atoms with E-state index >= 15 is 0 Å². The predicted octanol–water partition coefficient (Wildman–Crippen LogP) is 2.39. The van der Waals surface area contributed by atoms with Gasteiger partial charge in [0, 0.05) is 6.07 Å². The Kier molecular flexibility index (Phi) is 5.19. The van der Waals surface area contributed by atoms with E-state index in [4.69, 9.17) is 21.1 Å². The third kappa shape index (κ3) is 3.77. The van der Waals surface area contributed by atoms with Crippen LogP contribution in [0, 0.1) is 10.1 Å². The Morgan fingerprint density at radius 3 is 2.83 bits per heavy atom. The van der Waals surface area contributed by atoms with Gasteiger partial charge in [-0.15, -0.1) is 11.6 Å². The second-order valence-electron chi connectivity index (χ2n) is 3.09. The number of non-ortho nitro benzene ring substituents is 1.